The van der Waals surface area contributed by atoms with E-state index in [2.05, 4.69) is 6.58 Å². The average molecular weight is 114 g/mol. The van der Waals surface area contributed by atoms with Crippen molar-refractivity contribution in [3.05, 3.63) is 12.2 Å². The lowest BCUT2D eigenvalue weighted by molar-refractivity contribution is 0.196. The maximum atomic E-state index is 8.64. The van der Waals surface area contributed by atoms with Crippen molar-refractivity contribution in [3.8, 4) is 0 Å². The molecule has 0 aromatic rings. The predicted molar refractivity (Wildman–Crippen MR) is 30.6 cm³/mol. The molecule has 1 saturated heterocycles. The van der Waals surface area contributed by atoms with Gasteiger partial charge in [-0.1, -0.05) is 6.58 Å². The van der Waals surface area contributed by atoms with E-state index in [1.807, 2.05) is 6.92 Å². The van der Waals surface area contributed by atoms with E-state index in [4.69, 9.17) is 9.84 Å². The third-order valence-electron chi connectivity index (χ3n) is 1.53. The number of hydrogen-bond acceptors (Lipinski definition) is 2. The molecule has 0 aromatic heterocycles. The monoisotopic (exact) mass is 114 g/mol. The zero-order chi connectivity index (χ0) is 6.20. The molecule has 0 saturated carbocycles. The standard InChI is InChI=1S/C6H10O2/c1-5(2)6(3-7)4-8-6/h7H,1,3-4H2,2H3/t6-/m1/s1. The normalized spacial score (nSPS) is 34.8. The number of aliphatic hydroxyl groups excluding tert-OH is 1. The van der Waals surface area contributed by atoms with E-state index in [9.17, 15) is 0 Å². The first-order valence-corrected chi connectivity index (χ1v) is 2.62. The van der Waals surface area contributed by atoms with Gasteiger partial charge in [-0.15, -0.1) is 0 Å². The van der Waals surface area contributed by atoms with Crippen LogP contribution in [0.1, 0.15) is 6.92 Å². The molecule has 1 rings (SSSR count). The Morgan fingerprint density at radius 3 is 2.50 bits per heavy atom. The van der Waals surface area contributed by atoms with Gasteiger partial charge in [-0.25, -0.2) is 0 Å². The van der Waals surface area contributed by atoms with Gasteiger partial charge in [0.1, 0.15) is 5.60 Å². The van der Waals surface area contributed by atoms with Crippen molar-refractivity contribution >= 4 is 0 Å². The Kier molecular flexibility index (Phi) is 1.14. The van der Waals surface area contributed by atoms with Gasteiger partial charge in [-0.2, -0.15) is 0 Å². The highest BCUT2D eigenvalue weighted by Gasteiger charge is 2.44. The maximum Gasteiger partial charge on any atom is 0.135 e. The van der Waals surface area contributed by atoms with Crippen LogP contribution < -0.4 is 0 Å². The highest BCUT2D eigenvalue weighted by molar-refractivity contribution is 5.17. The molecule has 1 aliphatic rings. The first-order chi connectivity index (χ1) is 3.71. The summed E-state index contributed by atoms with van der Waals surface area (Å²) in [6.07, 6.45) is 0. The Morgan fingerprint density at radius 1 is 2.00 bits per heavy atom. The Labute approximate surface area is 48.8 Å². The van der Waals surface area contributed by atoms with Crippen LogP contribution in [0.2, 0.25) is 0 Å². The molecular weight excluding hydrogens is 104 g/mol. The third-order valence-corrected chi connectivity index (χ3v) is 1.53. The molecule has 1 aliphatic heterocycles. The number of epoxide rings is 1. The van der Waals surface area contributed by atoms with Gasteiger partial charge >= 0.3 is 0 Å². The molecule has 1 N–H and O–H groups in total. The van der Waals surface area contributed by atoms with Crippen LogP contribution in [0.4, 0.5) is 0 Å². The smallest absolute Gasteiger partial charge is 0.135 e. The van der Waals surface area contributed by atoms with E-state index < -0.39 is 0 Å². The van der Waals surface area contributed by atoms with E-state index in [1.165, 1.54) is 0 Å². The lowest BCUT2D eigenvalue weighted by Crippen LogP contribution is -2.16. The van der Waals surface area contributed by atoms with Crippen molar-refractivity contribution < 1.29 is 9.84 Å². The molecular formula is C6H10O2. The van der Waals surface area contributed by atoms with E-state index >= 15 is 0 Å². The summed E-state index contributed by atoms with van der Waals surface area (Å²) in [5.41, 5.74) is 0.569. The van der Waals surface area contributed by atoms with E-state index in [0.717, 1.165) is 5.57 Å². The van der Waals surface area contributed by atoms with Crippen molar-refractivity contribution in [3.63, 3.8) is 0 Å². The summed E-state index contributed by atoms with van der Waals surface area (Å²) in [6, 6.07) is 0. The van der Waals surface area contributed by atoms with Crippen LogP contribution in [0.25, 0.3) is 0 Å². The SMILES string of the molecule is C=C(C)[C@@]1(CO)CO1. The molecule has 0 aromatic carbocycles. The lowest BCUT2D eigenvalue weighted by atomic mass is 10.1. The van der Waals surface area contributed by atoms with E-state index in [-0.39, 0.29) is 12.2 Å². The van der Waals surface area contributed by atoms with Gasteiger partial charge in [0, 0.05) is 0 Å². The second kappa shape index (κ2) is 1.57. The summed E-state index contributed by atoms with van der Waals surface area (Å²) in [4.78, 5) is 0. The van der Waals surface area contributed by atoms with Gasteiger partial charge in [-0.05, 0) is 12.5 Å². The molecule has 0 bridgehead atoms. The highest BCUT2D eigenvalue weighted by atomic mass is 16.6. The quantitative estimate of drug-likeness (QED) is 0.414. The fourth-order valence-corrected chi connectivity index (χ4v) is 0.560. The summed E-state index contributed by atoms with van der Waals surface area (Å²) < 4.78 is 4.96. The molecule has 1 fully saturated rings. The molecule has 1 atom stereocenters. The van der Waals surface area contributed by atoms with Crippen LogP contribution in [0.15, 0.2) is 12.2 Å². The van der Waals surface area contributed by atoms with E-state index in [1.54, 1.807) is 0 Å². The Hall–Kier alpha value is -0.340. The van der Waals surface area contributed by atoms with Crippen molar-refractivity contribution in [2.75, 3.05) is 13.2 Å². The second-order valence-electron chi connectivity index (χ2n) is 2.22. The van der Waals surface area contributed by atoms with Crippen LogP contribution in [-0.4, -0.2) is 23.9 Å². The largest absolute Gasteiger partial charge is 0.393 e. The van der Waals surface area contributed by atoms with Crippen LogP contribution >= 0.6 is 0 Å². The van der Waals surface area contributed by atoms with Gasteiger partial charge in [-0.3, -0.25) is 0 Å². The first-order valence-electron chi connectivity index (χ1n) is 2.62. The number of rotatable bonds is 2. The van der Waals surface area contributed by atoms with Gasteiger partial charge in [0.05, 0.1) is 13.2 Å². The zero-order valence-corrected chi connectivity index (χ0v) is 4.98. The minimum absolute atomic E-state index is 0.0718. The third kappa shape index (κ3) is 0.659. The summed E-state index contributed by atoms with van der Waals surface area (Å²) in [6.45, 7) is 6.25. The molecule has 46 valence electrons. The zero-order valence-electron chi connectivity index (χ0n) is 4.98. The predicted octanol–water partition coefficient (Wildman–Crippen LogP) is 0.324. The highest BCUT2D eigenvalue weighted by Crippen LogP contribution is 2.32. The van der Waals surface area contributed by atoms with Gasteiger partial charge < -0.3 is 9.84 Å². The molecule has 8 heavy (non-hydrogen) atoms. The van der Waals surface area contributed by atoms with Crippen molar-refractivity contribution in [2.45, 2.75) is 12.5 Å². The molecule has 0 aliphatic carbocycles. The molecule has 2 heteroatoms. The molecule has 1 heterocycles. The van der Waals surface area contributed by atoms with Crippen LogP contribution in [-0.2, 0) is 4.74 Å². The summed E-state index contributed by atoms with van der Waals surface area (Å²) in [7, 11) is 0. The molecule has 0 unspecified atom stereocenters. The van der Waals surface area contributed by atoms with Gasteiger partial charge in [0.25, 0.3) is 0 Å². The Bertz CT molecular complexity index is 114. The molecule has 0 amide bonds. The molecule has 0 spiro atoms. The fourth-order valence-electron chi connectivity index (χ4n) is 0.560. The lowest BCUT2D eigenvalue weighted by Gasteiger charge is -2.04. The van der Waals surface area contributed by atoms with Gasteiger partial charge in [0.2, 0.25) is 0 Å². The number of ether oxygens (including phenoxy) is 1. The Morgan fingerprint density at radius 2 is 2.50 bits per heavy atom. The summed E-state index contributed by atoms with van der Waals surface area (Å²) in [5.74, 6) is 0. The number of hydrogen-bond donors (Lipinski definition) is 1. The van der Waals surface area contributed by atoms with Crippen molar-refractivity contribution in [1.82, 2.24) is 0 Å². The van der Waals surface area contributed by atoms with Crippen LogP contribution in [0, 0.1) is 0 Å². The summed E-state index contributed by atoms with van der Waals surface area (Å²) in [5, 5.41) is 8.64. The fraction of sp³-hybridized carbons (Fsp3) is 0.667. The van der Waals surface area contributed by atoms with Crippen molar-refractivity contribution in [1.29, 1.82) is 0 Å². The summed E-state index contributed by atoms with van der Waals surface area (Å²) >= 11 is 0. The maximum absolute atomic E-state index is 8.64. The molecule has 2 nitrogen and oxygen atoms in total. The first kappa shape index (κ1) is 5.79. The van der Waals surface area contributed by atoms with Crippen LogP contribution in [0.5, 0.6) is 0 Å². The second-order valence-corrected chi connectivity index (χ2v) is 2.22. The van der Waals surface area contributed by atoms with E-state index in [0.29, 0.717) is 6.61 Å². The molecule has 0 radical (unpaired) electrons. The topological polar surface area (TPSA) is 32.8 Å². The minimum atomic E-state index is -0.347. The average Bonchev–Trinajstić information content (AvgIpc) is 2.44. The van der Waals surface area contributed by atoms with Gasteiger partial charge in [0.15, 0.2) is 0 Å². The number of aliphatic hydroxyl groups is 1. The Balaban J connectivity index is 2.53. The van der Waals surface area contributed by atoms with Crippen molar-refractivity contribution in [2.24, 2.45) is 0 Å². The minimum Gasteiger partial charge on any atom is -0.393 e. The van der Waals surface area contributed by atoms with Crippen LogP contribution in [0.3, 0.4) is 0 Å².